The Morgan fingerprint density at radius 1 is 1.06 bits per heavy atom. The zero-order valence-corrected chi connectivity index (χ0v) is 20.9. The van der Waals surface area contributed by atoms with Gasteiger partial charge in [-0.1, -0.05) is 70.7 Å². The Balaban J connectivity index is 1.56. The minimum atomic E-state index is -1.38. The van der Waals surface area contributed by atoms with E-state index in [-0.39, 0.29) is 12.1 Å². The molecule has 2 atom stereocenters. The lowest BCUT2D eigenvalue weighted by molar-refractivity contribution is -0.112. The lowest BCUT2D eigenvalue weighted by Gasteiger charge is -2.19. The molecule has 1 aliphatic rings. The van der Waals surface area contributed by atoms with Gasteiger partial charge < -0.3 is 15.0 Å². The highest BCUT2D eigenvalue weighted by molar-refractivity contribution is 6.54. The molecule has 0 bridgehead atoms. The van der Waals surface area contributed by atoms with Crippen LogP contribution in [0.15, 0.2) is 66.7 Å². The number of hydrogen-bond acceptors (Lipinski definition) is 3. The van der Waals surface area contributed by atoms with Crippen LogP contribution in [0.2, 0.25) is 10.0 Å². The fourth-order valence-electron chi connectivity index (χ4n) is 4.08. The van der Waals surface area contributed by atoms with Crippen LogP contribution in [0.25, 0.3) is 0 Å². The number of anilines is 2. The predicted octanol–water partition coefficient (Wildman–Crippen LogP) is 6.98. The molecule has 0 aromatic heterocycles. The molecule has 0 radical (unpaired) electrons. The standard InChI is InChI=1S/C25H19Cl4FN2O2/c1-32(17-5-3-2-4-6-17)23(34)18-12-16(8-10-21(18)30)31-13-24(14-33)22(25(24,28)29)15-7-9-19(26)20(27)11-15/h2-12,14,22,31H,13H2,1H3. The summed E-state index contributed by atoms with van der Waals surface area (Å²) in [6.07, 6.45) is 0.714. The summed E-state index contributed by atoms with van der Waals surface area (Å²) < 4.78 is 13.1. The van der Waals surface area contributed by atoms with E-state index >= 15 is 0 Å². The van der Waals surface area contributed by atoms with Crippen LogP contribution < -0.4 is 10.2 Å². The average molecular weight is 540 g/mol. The number of nitrogens with zero attached hydrogens (tertiary/aromatic N) is 1. The molecule has 34 heavy (non-hydrogen) atoms. The third-order valence-corrected chi connectivity index (χ3v) is 8.01. The van der Waals surface area contributed by atoms with Gasteiger partial charge in [0.15, 0.2) is 0 Å². The number of aldehydes is 1. The molecule has 1 N–H and O–H groups in total. The van der Waals surface area contributed by atoms with E-state index in [4.69, 9.17) is 46.4 Å². The molecule has 1 aliphatic carbocycles. The van der Waals surface area contributed by atoms with Crippen molar-refractivity contribution in [2.75, 3.05) is 23.8 Å². The highest BCUT2D eigenvalue weighted by Crippen LogP contribution is 2.73. The largest absolute Gasteiger partial charge is 0.384 e. The molecule has 0 spiro atoms. The molecule has 3 aromatic carbocycles. The van der Waals surface area contributed by atoms with Gasteiger partial charge in [0.25, 0.3) is 5.91 Å². The Kier molecular flexibility index (Phi) is 6.85. The van der Waals surface area contributed by atoms with Crippen molar-refractivity contribution in [3.05, 3.63) is 93.7 Å². The smallest absolute Gasteiger partial charge is 0.261 e. The Morgan fingerprint density at radius 2 is 1.76 bits per heavy atom. The second-order valence-electron chi connectivity index (χ2n) is 8.14. The Morgan fingerprint density at radius 3 is 2.41 bits per heavy atom. The number of hydrogen-bond donors (Lipinski definition) is 1. The molecule has 0 saturated heterocycles. The fraction of sp³-hybridized carbons (Fsp3) is 0.200. The highest BCUT2D eigenvalue weighted by Gasteiger charge is 2.76. The number of amides is 1. The average Bonchev–Trinajstić information content (AvgIpc) is 3.34. The van der Waals surface area contributed by atoms with Crippen molar-refractivity contribution >= 4 is 70.0 Å². The second kappa shape index (κ2) is 9.38. The Hall–Kier alpha value is -2.31. The summed E-state index contributed by atoms with van der Waals surface area (Å²) in [7, 11) is 1.57. The number of rotatable bonds is 7. The summed E-state index contributed by atoms with van der Waals surface area (Å²) in [6.45, 7) is 0.0577. The number of carbonyl (C=O) groups is 2. The van der Waals surface area contributed by atoms with Gasteiger partial charge in [-0.05, 0) is 48.0 Å². The van der Waals surface area contributed by atoms with Gasteiger partial charge in [-0.3, -0.25) is 4.79 Å². The first-order valence-corrected chi connectivity index (χ1v) is 11.8. The SMILES string of the molecule is CN(C(=O)c1cc(NCC2(C=O)C(c3ccc(Cl)c(Cl)c3)C2(Cl)Cl)ccc1F)c1ccccc1. The van der Waals surface area contributed by atoms with E-state index in [1.807, 2.05) is 6.07 Å². The van der Waals surface area contributed by atoms with Gasteiger partial charge >= 0.3 is 0 Å². The van der Waals surface area contributed by atoms with Crippen LogP contribution in [0.1, 0.15) is 21.8 Å². The molecular weight excluding hydrogens is 521 g/mol. The van der Waals surface area contributed by atoms with Gasteiger partial charge in [0.1, 0.15) is 16.4 Å². The summed E-state index contributed by atoms with van der Waals surface area (Å²) in [5.41, 5.74) is 0.467. The minimum absolute atomic E-state index is 0.0577. The van der Waals surface area contributed by atoms with Gasteiger partial charge in [-0.2, -0.15) is 0 Å². The number of halogens is 5. The summed E-state index contributed by atoms with van der Waals surface area (Å²) in [5.74, 6) is -1.71. The van der Waals surface area contributed by atoms with Crippen LogP contribution >= 0.6 is 46.4 Å². The summed E-state index contributed by atoms with van der Waals surface area (Å²) in [4.78, 5) is 26.4. The maximum absolute atomic E-state index is 14.5. The molecule has 176 valence electrons. The van der Waals surface area contributed by atoms with Crippen molar-refractivity contribution in [3.8, 4) is 0 Å². The maximum Gasteiger partial charge on any atom is 0.261 e. The van der Waals surface area contributed by atoms with E-state index < -0.39 is 27.4 Å². The Labute approximate surface area is 216 Å². The van der Waals surface area contributed by atoms with E-state index in [0.717, 1.165) is 0 Å². The molecule has 3 aromatic rings. The molecule has 1 saturated carbocycles. The Bertz CT molecular complexity index is 1250. The van der Waals surface area contributed by atoms with Crippen molar-refractivity contribution in [1.82, 2.24) is 0 Å². The summed E-state index contributed by atoms with van der Waals surface area (Å²) >= 11 is 25.2. The maximum atomic E-state index is 14.5. The molecule has 1 fully saturated rings. The van der Waals surface area contributed by atoms with Crippen molar-refractivity contribution in [2.45, 2.75) is 10.3 Å². The molecule has 9 heteroatoms. The molecule has 4 rings (SSSR count). The van der Waals surface area contributed by atoms with Crippen molar-refractivity contribution in [3.63, 3.8) is 0 Å². The van der Waals surface area contributed by atoms with Crippen LogP contribution in [0.3, 0.4) is 0 Å². The molecule has 4 nitrogen and oxygen atoms in total. The fourth-order valence-corrected chi connectivity index (χ4v) is 5.36. The monoisotopic (exact) mass is 538 g/mol. The topological polar surface area (TPSA) is 49.4 Å². The first kappa shape index (κ1) is 24.8. The number of para-hydroxylation sites is 1. The zero-order valence-electron chi connectivity index (χ0n) is 17.9. The summed E-state index contributed by atoms with van der Waals surface area (Å²) in [6, 6.07) is 18.0. The van der Waals surface area contributed by atoms with E-state index in [1.165, 1.54) is 23.1 Å². The number of alkyl halides is 2. The van der Waals surface area contributed by atoms with E-state index in [0.29, 0.717) is 33.3 Å². The first-order valence-electron chi connectivity index (χ1n) is 10.3. The lowest BCUT2D eigenvalue weighted by Crippen LogP contribution is -2.27. The first-order chi connectivity index (χ1) is 16.1. The molecular formula is C25H19Cl4FN2O2. The van der Waals surface area contributed by atoms with E-state index in [9.17, 15) is 14.0 Å². The number of benzene rings is 3. The van der Waals surface area contributed by atoms with Gasteiger partial charge in [-0.15, -0.1) is 0 Å². The van der Waals surface area contributed by atoms with Gasteiger partial charge in [0.2, 0.25) is 0 Å². The lowest BCUT2D eigenvalue weighted by atomic mass is 10.00. The van der Waals surface area contributed by atoms with E-state index in [1.54, 1.807) is 49.5 Å². The highest BCUT2D eigenvalue weighted by atomic mass is 35.5. The predicted molar refractivity (Wildman–Crippen MR) is 136 cm³/mol. The third kappa shape index (κ3) is 4.27. The van der Waals surface area contributed by atoms with Crippen LogP contribution in [0.4, 0.5) is 15.8 Å². The number of nitrogens with one attached hydrogen (secondary N) is 1. The quantitative estimate of drug-likeness (QED) is 0.260. The molecule has 0 heterocycles. The van der Waals surface area contributed by atoms with Crippen LogP contribution in [-0.4, -0.2) is 30.1 Å². The molecule has 2 unspecified atom stereocenters. The van der Waals surface area contributed by atoms with Gasteiger partial charge in [0.05, 0.1) is 21.0 Å². The second-order valence-corrected chi connectivity index (χ2v) is 10.3. The van der Waals surface area contributed by atoms with Crippen LogP contribution in [0.5, 0.6) is 0 Å². The van der Waals surface area contributed by atoms with Crippen molar-refractivity contribution in [1.29, 1.82) is 0 Å². The van der Waals surface area contributed by atoms with Crippen LogP contribution in [-0.2, 0) is 4.79 Å². The third-order valence-electron chi connectivity index (χ3n) is 6.13. The zero-order chi connectivity index (χ0) is 24.7. The van der Waals surface area contributed by atoms with Gasteiger partial charge in [-0.25, -0.2) is 4.39 Å². The van der Waals surface area contributed by atoms with Gasteiger partial charge in [0, 0.05) is 30.9 Å². The van der Waals surface area contributed by atoms with E-state index in [2.05, 4.69) is 5.32 Å². The minimum Gasteiger partial charge on any atom is -0.384 e. The molecule has 0 aliphatic heterocycles. The van der Waals surface area contributed by atoms with Crippen molar-refractivity contribution < 1.29 is 14.0 Å². The molecule has 1 amide bonds. The van der Waals surface area contributed by atoms with Crippen LogP contribution in [0, 0.1) is 11.2 Å². The number of carbonyl (C=O) groups excluding carboxylic acids is 2. The van der Waals surface area contributed by atoms with Crippen molar-refractivity contribution in [2.24, 2.45) is 5.41 Å². The summed E-state index contributed by atoms with van der Waals surface area (Å²) in [5, 5.41) is 3.79. The normalized spacial score (nSPS) is 20.5.